The van der Waals surface area contributed by atoms with Gasteiger partial charge in [0.2, 0.25) is 5.78 Å². The van der Waals surface area contributed by atoms with Crippen molar-refractivity contribution < 1.29 is 29.3 Å². The van der Waals surface area contributed by atoms with Crippen LogP contribution in [0.25, 0.3) is 0 Å². The summed E-state index contributed by atoms with van der Waals surface area (Å²) in [6.07, 6.45) is 5.89. The molecule has 0 spiro atoms. The normalized spacial score (nSPS) is 13.2. The third kappa shape index (κ3) is 2.61. The maximum absolute atomic E-state index is 12.9. The number of phenols is 2. The van der Waals surface area contributed by atoms with Crippen LogP contribution >= 0.6 is 0 Å². The van der Waals surface area contributed by atoms with Crippen LogP contribution in [0.2, 0.25) is 0 Å². The van der Waals surface area contributed by atoms with Crippen molar-refractivity contribution in [2.24, 2.45) is 0 Å². The average molecular weight is 352 g/mol. The van der Waals surface area contributed by atoms with Crippen LogP contribution in [0.1, 0.15) is 45.7 Å². The molecular formula is C20H16O6. The van der Waals surface area contributed by atoms with E-state index >= 15 is 0 Å². The van der Waals surface area contributed by atoms with Gasteiger partial charge in [0.05, 0.1) is 23.7 Å². The zero-order chi connectivity index (χ0) is 18.8. The Balaban J connectivity index is 2.19. The molecule has 0 bridgehead atoms. The van der Waals surface area contributed by atoms with Crippen molar-refractivity contribution in [2.75, 3.05) is 0 Å². The zero-order valence-corrected chi connectivity index (χ0v) is 14.1. The number of carbonyl (C=O) groups excluding carboxylic acids is 2. The van der Waals surface area contributed by atoms with E-state index in [0.29, 0.717) is 0 Å². The smallest absolute Gasteiger partial charge is 0.202 e. The van der Waals surface area contributed by atoms with E-state index in [0.717, 1.165) is 0 Å². The Kier molecular flexibility index (Phi) is 4.49. The number of phenolic OH excluding ortho intramolecular Hbond substituents is 2. The van der Waals surface area contributed by atoms with E-state index in [1.165, 1.54) is 36.8 Å². The first-order valence-electron chi connectivity index (χ1n) is 7.88. The minimum Gasteiger partial charge on any atom is -0.504 e. The summed E-state index contributed by atoms with van der Waals surface area (Å²) in [6.45, 7) is 3.45. The minimum absolute atomic E-state index is 0.0345. The van der Waals surface area contributed by atoms with Crippen molar-refractivity contribution in [3.05, 3.63) is 71.2 Å². The molecule has 6 heteroatoms. The van der Waals surface area contributed by atoms with Gasteiger partial charge in [0.25, 0.3) is 0 Å². The van der Waals surface area contributed by atoms with Gasteiger partial charge in [0.15, 0.2) is 28.8 Å². The molecule has 0 heterocycles. The number of hydrogen-bond donors (Lipinski definition) is 2. The van der Waals surface area contributed by atoms with E-state index < -0.39 is 23.1 Å². The van der Waals surface area contributed by atoms with E-state index in [-0.39, 0.29) is 33.8 Å². The molecule has 6 nitrogen and oxygen atoms in total. The SMILES string of the molecule is C/C=C/Oc1ccc2c(c1O)C(=O)c1c(ccc(O/C=C/C)c1O)C2=O. The van der Waals surface area contributed by atoms with Crippen LogP contribution in [0.5, 0.6) is 23.0 Å². The van der Waals surface area contributed by atoms with Crippen LogP contribution in [-0.2, 0) is 0 Å². The van der Waals surface area contributed by atoms with Gasteiger partial charge in [-0.3, -0.25) is 9.59 Å². The fourth-order valence-corrected chi connectivity index (χ4v) is 2.73. The van der Waals surface area contributed by atoms with Gasteiger partial charge in [-0.25, -0.2) is 0 Å². The summed E-state index contributed by atoms with van der Waals surface area (Å²) in [7, 11) is 0. The maximum Gasteiger partial charge on any atom is 0.202 e. The Morgan fingerprint density at radius 3 is 1.54 bits per heavy atom. The van der Waals surface area contributed by atoms with Crippen LogP contribution < -0.4 is 9.47 Å². The number of ketones is 2. The zero-order valence-electron chi connectivity index (χ0n) is 14.1. The van der Waals surface area contributed by atoms with Crippen molar-refractivity contribution >= 4 is 11.6 Å². The Morgan fingerprint density at radius 1 is 0.731 bits per heavy atom. The van der Waals surface area contributed by atoms with E-state index in [1.807, 2.05) is 0 Å². The van der Waals surface area contributed by atoms with Gasteiger partial charge in [0.1, 0.15) is 0 Å². The topological polar surface area (TPSA) is 93.1 Å². The molecule has 1 aliphatic rings. The number of benzene rings is 2. The standard InChI is InChI=1S/C20H16O6/c1-3-9-25-13-7-5-11-15(18(13)22)20(24)16-12(17(11)21)6-8-14(19(16)23)26-10-4-2/h3-10,22-23H,1-2H3/b9-3+,10-4+. The number of hydrogen-bond acceptors (Lipinski definition) is 6. The second-order valence-electron chi connectivity index (χ2n) is 5.50. The summed E-state index contributed by atoms with van der Waals surface area (Å²) in [6, 6.07) is 5.65. The van der Waals surface area contributed by atoms with Crippen molar-refractivity contribution in [3.8, 4) is 23.0 Å². The average Bonchev–Trinajstić information content (AvgIpc) is 2.63. The van der Waals surface area contributed by atoms with Crippen LogP contribution in [0, 0.1) is 0 Å². The van der Waals surface area contributed by atoms with E-state index in [4.69, 9.17) is 9.47 Å². The number of allylic oxidation sites excluding steroid dienone is 2. The largest absolute Gasteiger partial charge is 0.504 e. The summed E-state index contributed by atoms with van der Waals surface area (Å²) in [5, 5.41) is 20.8. The summed E-state index contributed by atoms with van der Waals surface area (Å²) < 4.78 is 10.5. The molecule has 0 saturated heterocycles. The predicted octanol–water partition coefficient (Wildman–Crippen LogP) is 3.70. The van der Waals surface area contributed by atoms with Crippen molar-refractivity contribution in [2.45, 2.75) is 13.8 Å². The lowest BCUT2D eigenvalue weighted by molar-refractivity contribution is 0.0973. The third-order valence-electron chi connectivity index (χ3n) is 3.89. The molecule has 132 valence electrons. The highest BCUT2D eigenvalue weighted by Gasteiger charge is 2.36. The Labute approximate surface area is 149 Å². The fraction of sp³-hybridized carbons (Fsp3) is 0.100. The van der Waals surface area contributed by atoms with Gasteiger partial charge in [0, 0.05) is 11.1 Å². The molecule has 0 radical (unpaired) electrons. The highest BCUT2D eigenvalue weighted by atomic mass is 16.5. The quantitative estimate of drug-likeness (QED) is 0.696. The second kappa shape index (κ2) is 6.76. The van der Waals surface area contributed by atoms with Crippen LogP contribution in [0.3, 0.4) is 0 Å². The maximum atomic E-state index is 12.9. The summed E-state index contributed by atoms with van der Waals surface area (Å²) in [4.78, 5) is 25.7. The molecule has 2 N–H and O–H groups in total. The van der Waals surface area contributed by atoms with Crippen molar-refractivity contribution in [1.29, 1.82) is 0 Å². The Bertz CT molecular complexity index is 893. The predicted molar refractivity (Wildman–Crippen MR) is 94.0 cm³/mol. The summed E-state index contributed by atoms with van der Waals surface area (Å²) in [5.74, 6) is -2.00. The van der Waals surface area contributed by atoms with Crippen LogP contribution in [0.15, 0.2) is 48.9 Å². The van der Waals surface area contributed by atoms with E-state index in [2.05, 4.69) is 0 Å². The Morgan fingerprint density at radius 2 is 1.15 bits per heavy atom. The first-order chi connectivity index (χ1) is 12.5. The van der Waals surface area contributed by atoms with Crippen LogP contribution in [-0.4, -0.2) is 21.8 Å². The fourth-order valence-electron chi connectivity index (χ4n) is 2.73. The van der Waals surface area contributed by atoms with Crippen LogP contribution in [0.4, 0.5) is 0 Å². The molecule has 0 amide bonds. The lowest BCUT2D eigenvalue weighted by Gasteiger charge is -2.21. The molecular weight excluding hydrogens is 336 g/mol. The molecule has 26 heavy (non-hydrogen) atoms. The second-order valence-corrected chi connectivity index (χ2v) is 5.50. The summed E-state index contributed by atoms with van der Waals surface area (Å²) >= 11 is 0. The number of ether oxygens (including phenoxy) is 2. The molecule has 1 aliphatic carbocycles. The molecule has 0 saturated carbocycles. The highest BCUT2D eigenvalue weighted by Crippen LogP contribution is 2.43. The van der Waals surface area contributed by atoms with Gasteiger partial charge in [-0.2, -0.15) is 0 Å². The van der Waals surface area contributed by atoms with Crippen molar-refractivity contribution in [3.63, 3.8) is 0 Å². The first-order valence-corrected chi connectivity index (χ1v) is 7.88. The number of carbonyl (C=O) groups is 2. The van der Waals surface area contributed by atoms with Gasteiger partial charge in [-0.15, -0.1) is 0 Å². The molecule has 3 rings (SSSR count). The van der Waals surface area contributed by atoms with E-state index in [1.54, 1.807) is 26.0 Å². The highest BCUT2D eigenvalue weighted by molar-refractivity contribution is 6.30. The van der Waals surface area contributed by atoms with Gasteiger partial charge >= 0.3 is 0 Å². The number of aromatic hydroxyl groups is 2. The monoisotopic (exact) mass is 352 g/mol. The molecule has 0 atom stereocenters. The molecule has 0 unspecified atom stereocenters. The Hall–Kier alpha value is -3.54. The third-order valence-corrected chi connectivity index (χ3v) is 3.89. The van der Waals surface area contributed by atoms with Gasteiger partial charge < -0.3 is 19.7 Å². The summed E-state index contributed by atoms with van der Waals surface area (Å²) in [5.41, 5.74) is -0.310. The number of rotatable bonds is 4. The number of fused-ring (bicyclic) bond motifs is 2. The van der Waals surface area contributed by atoms with Crippen molar-refractivity contribution in [1.82, 2.24) is 0 Å². The molecule has 2 aromatic carbocycles. The molecule has 0 aliphatic heterocycles. The molecule has 0 aromatic heterocycles. The lowest BCUT2D eigenvalue weighted by atomic mass is 9.82. The van der Waals surface area contributed by atoms with Gasteiger partial charge in [-0.1, -0.05) is 12.2 Å². The molecule has 0 fully saturated rings. The lowest BCUT2D eigenvalue weighted by Crippen LogP contribution is -2.21. The first kappa shape index (κ1) is 17.3. The van der Waals surface area contributed by atoms with E-state index in [9.17, 15) is 19.8 Å². The molecule has 2 aromatic rings. The van der Waals surface area contributed by atoms with Gasteiger partial charge in [-0.05, 0) is 38.1 Å². The minimum atomic E-state index is -0.679.